The number of ether oxygens (including phenoxy) is 1. The van der Waals surface area contributed by atoms with Gasteiger partial charge in [-0.25, -0.2) is 4.39 Å². The summed E-state index contributed by atoms with van der Waals surface area (Å²) in [6.07, 6.45) is 5.12. The predicted octanol–water partition coefficient (Wildman–Crippen LogP) is 2.21. The van der Waals surface area contributed by atoms with Crippen molar-refractivity contribution in [1.82, 2.24) is 0 Å². The van der Waals surface area contributed by atoms with Crippen molar-refractivity contribution in [3.8, 4) is 0 Å². The lowest BCUT2D eigenvalue weighted by atomic mass is 10.1. The lowest BCUT2D eigenvalue weighted by Gasteiger charge is -2.07. The lowest BCUT2D eigenvalue weighted by Crippen LogP contribution is -1.97. The molecule has 0 spiro atoms. The first kappa shape index (κ1) is 7.48. The Bertz CT molecular complexity index is 170. The van der Waals surface area contributed by atoms with Crippen LogP contribution in [0, 0.1) is 0 Å². The van der Waals surface area contributed by atoms with Gasteiger partial charge in [-0.1, -0.05) is 12.2 Å². The normalized spacial score (nSPS) is 18.2. The van der Waals surface area contributed by atoms with Crippen molar-refractivity contribution in [2.24, 2.45) is 0 Å². The third-order valence-corrected chi connectivity index (χ3v) is 1.50. The summed E-state index contributed by atoms with van der Waals surface area (Å²) in [5, 5.41) is 0. The molecule has 0 saturated carbocycles. The molecule has 0 radical (unpaired) electrons. The highest BCUT2D eigenvalue weighted by atomic mass is 19.1. The van der Waals surface area contributed by atoms with Gasteiger partial charge >= 0.3 is 0 Å². The van der Waals surface area contributed by atoms with Crippen LogP contribution in [0.15, 0.2) is 23.6 Å². The molecule has 0 aromatic rings. The zero-order chi connectivity index (χ0) is 7.40. The monoisotopic (exact) mass is 142 g/mol. The molecule has 1 rings (SSSR count). The van der Waals surface area contributed by atoms with E-state index in [9.17, 15) is 4.39 Å². The smallest absolute Gasteiger partial charge is 0.106 e. The molecule has 0 unspecified atom stereocenters. The fourth-order valence-electron chi connectivity index (χ4n) is 0.969. The molecule has 0 fully saturated rings. The lowest BCUT2D eigenvalue weighted by molar-refractivity contribution is 0.225. The Kier molecular flexibility index (Phi) is 2.63. The van der Waals surface area contributed by atoms with Crippen LogP contribution in [0.25, 0.3) is 0 Å². The molecule has 0 N–H and O–H groups in total. The number of allylic oxidation sites excluding steroid dienone is 2. The molecule has 0 atom stereocenters. The molecule has 1 nitrogen and oxygen atoms in total. The first-order valence-corrected chi connectivity index (χ1v) is 3.37. The minimum atomic E-state index is -0.0237. The van der Waals surface area contributed by atoms with Crippen LogP contribution in [0.2, 0.25) is 0 Å². The van der Waals surface area contributed by atoms with Crippen LogP contribution in [0.4, 0.5) is 4.39 Å². The van der Waals surface area contributed by atoms with Gasteiger partial charge in [0.05, 0.1) is 6.61 Å². The molecule has 0 saturated heterocycles. The zero-order valence-corrected chi connectivity index (χ0v) is 6.06. The Morgan fingerprint density at radius 2 is 2.50 bits per heavy atom. The minimum Gasteiger partial charge on any atom is -0.380 e. The van der Waals surface area contributed by atoms with E-state index in [-0.39, 0.29) is 5.83 Å². The number of hydrogen-bond acceptors (Lipinski definition) is 1. The fraction of sp³-hybridized carbons (Fsp3) is 0.500. The highest BCUT2D eigenvalue weighted by molar-refractivity contribution is 5.26. The van der Waals surface area contributed by atoms with Gasteiger partial charge in [-0.05, 0) is 6.42 Å². The van der Waals surface area contributed by atoms with E-state index in [1.165, 1.54) is 0 Å². The van der Waals surface area contributed by atoms with Crippen molar-refractivity contribution >= 4 is 0 Å². The highest BCUT2D eigenvalue weighted by Gasteiger charge is 2.05. The third-order valence-electron chi connectivity index (χ3n) is 1.50. The maximum Gasteiger partial charge on any atom is 0.106 e. The highest BCUT2D eigenvalue weighted by Crippen LogP contribution is 2.19. The van der Waals surface area contributed by atoms with E-state index in [1.54, 1.807) is 13.2 Å². The van der Waals surface area contributed by atoms with Crippen molar-refractivity contribution in [3.63, 3.8) is 0 Å². The Hall–Kier alpha value is -0.630. The van der Waals surface area contributed by atoms with Gasteiger partial charge in [0.1, 0.15) is 5.83 Å². The second-order valence-electron chi connectivity index (χ2n) is 2.30. The largest absolute Gasteiger partial charge is 0.380 e. The van der Waals surface area contributed by atoms with Crippen molar-refractivity contribution in [2.75, 3.05) is 13.7 Å². The first-order valence-electron chi connectivity index (χ1n) is 3.37. The molecule has 0 amide bonds. The predicted molar refractivity (Wildman–Crippen MR) is 38.4 cm³/mol. The van der Waals surface area contributed by atoms with Gasteiger partial charge in [0.25, 0.3) is 0 Å². The third kappa shape index (κ3) is 1.67. The van der Waals surface area contributed by atoms with E-state index in [4.69, 9.17) is 4.74 Å². The van der Waals surface area contributed by atoms with Crippen LogP contribution in [-0.2, 0) is 4.74 Å². The molecule has 0 bridgehead atoms. The molecule has 0 aliphatic heterocycles. The molecular formula is C8H11FO. The zero-order valence-electron chi connectivity index (χ0n) is 6.06. The van der Waals surface area contributed by atoms with E-state index >= 15 is 0 Å². The second kappa shape index (κ2) is 3.52. The summed E-state index contributed by atoms with van der Waals surface area (Å²) in [4.78, 5) is 0. The van der Waals surface area contributed by atoms with Crippen LogP contribution < -0.4 is 0 Å². The standard InChI is InChI=1S/C8H11FO/c1-10-6-7-4-2-3-5-8(7)9/h2,4H,3,5-6H2,1H3. The summed E-state index contributed by atoms with van der Waals surface area (Å²) in [6.45, 7) is 0.391. The number of halogens is 1. The molecule has 2 heteroatoms. The van der Waals surface area contributed by atoms with Crippen molar-refractivity contribution in [1.29, 1.82) is 0 Å². The van der Waals surface area contributed by atoms with E-state index in [0.717, 1.165) is 6.42 Å². The van der Waals surface area contributed by atoms with Crippen LogP contribution in [0.1, 0.15) is 12.8 Å². The van der Waals surface area contributed by atoms with Crippen LogP contribution in [0.3, 0.4) is 0 Å². The van der Waals surface area contributed by atoms with Crippen molar-refractivity contribution in [3.05, 3.63) is 23.6 Å². The van der Waals surface area contributed by atoms with Crippen molar-refractivity contribution in [2.45, 2.75) is 12.8 Å². The van der Waals surface area contributed by atoms with E-state index in [1.807, 2.05) is 6.08 Å². The minimum absolute atomic E-state index is 0.0237. The van der Waals surface area contributed by atoms with Gasteiger partial charge in [-0.3, -0.25) is 0 Å². The Balaban J connectivity index is 2.60. The van der Waals surface area contributed by atoms with Gasteiger partial charge in [-0.15, -0.1) is 0 Å². The topological polar surface area (TPSA) is 9.23 Å². The maximum absolute atomic E-state index is 12.8. The summed E-state index contributed by atoms with van der Waals surface area (Å²) in [7, 11) is 1.57. The number of rotatable bonds is 2. The molecule has 56 valence electrons. The summed E-state index contributed by atoms with van der Waals surface area (Å²) < 4.78 is 17.6. The molecule has 0 aromatic carbocycles. The molecule has 10 heavy (non-hydrogen) atoms. The number of methoxy groups -OCH3 is 1. The number of hydrogen-bond donors (Lipinski definition) is 0. The Morgan fingerprint density at radius 1 is 1.70 bits per heavy atom. The van der Waals surface area contributed by atoms with Crippen LogP contribution >= 0.6 is 0 Å². The summed E-state index contributed by atoms with van der Waals surface area (Å²) in [5.74, 6) is -0.0237. The summed E-state index contributed by atoms with van der Waals surface area (Å²) >= 11 is 0. The molecule has 0 heterocycles. The average Bonchev–Trinajstić information content (AvgIpc) is 1.94. The fourth-order valence-corrected chi connectivity index (χ4v) is 0.969. The SMILES string of the molecule is COCC1=C(F)CCC=C1. The van der Waals surface area contributed by atoms with E-state index in [0.29, 0.717) is 18.6 Å². The molecule has 1 aliphatic carbocycles. The van der Waals surface area contributed by atoms with Gasteiger partial charge in [-0.2, -0.15) is 0 Å². The van der Waals surface area contributed by atoms with E-state index in [2.05, 4.69) is 0 Å². The first-order chi connectivity index (χ1) is 4.84. The van der Waals surface area contributed by atoms with Gasteiger partial charge in [0.2, 0.25) is 0 Å². The van der Waals surface area contributed by atoms with Gasteiger partial charge in [0.15, 0.2) is 0 Å². The van der Waals surface area contributed by atoms with Crippen LogP contribution in [0.5, 0.6) is 0 Å². The second-order valence-corrected chi connectivity index (χ2v) is 2.30. The quantitative estimate of drug-likeness (QED) is 0.574. The van der Waals surface area contributed by atoms with Crippen molar-refractivity contribution < 1.29 is 9.13 Å². The van der Waals surface area contributed by atoms with Gasteiger partial charge in [0, 0.05) is 19.1 Å². The van der Waals surface area contributed by atoms with Crippen LogP contribution in [-0.4, -0.2) is 13.7 Å². The molecular weight excluding hydrogens is 131 g/mol. The van der Waals surface area contributed by atoms with E-state index < -0.39 is 0 Å². The average molecular weight is 142 g/mol. The molecule has 0 aromatic heterocycles. The summed E-state index contributed by atoms with van der Waals surface area (Å²) in [5.41, 5.74) is 0.689. The Labute approximate surface area is 60.2 Å². The summed E-state index contributed by atoms with van der Waals surface area (Å²) in [6, 6.07) is 0. The molecule has 1 aliphatic rings. The Morgan fingerprint density at radius 3 is 3.10 bits per heavy atom. The van der Waals surface area contributed by atoms with Gasteiger partial charge < -0.3 is 4.74 Å². The maximum atomic E-state index is 12.8.